The zero-order valence-corrected chi connectivity index (χ0v) is 15.0. The number of amides is 1. The third-order valence-corrected chi connectivity index (χ3v) is 4.46. The van der Waals surface area contributed by atoms with E-state index in [0.29, 0.717) is 19.7 Å². The van der Waals surface area contributed by atoms with Gasteiger partial charge in [0.15, 0.2) is 0 Å². The third kappa shape index (κ3) is 4.60. The molecule has 0 aliphatic carbocycles. The fourth-order valence-corrected chi connectivity index (χ4v) is 3.09. The summed E-state index contributed by atoms with van der Waals surface area (Å²) in [7, 11) is 0. The Morgan fingerprint density at radius 1 is 1.30 bits per heavy atom. The zero-order valence-electron chi connectivity index (χ0n) is 15.0. The molecule has 0 radical (unpaired) electrons. The number of carbonyl (C=O) groups is 1. The van der Waals surface area contributed by atoms with Crippen molar-refractivity contribution in [3.63, 3.8) is 0 Å². The lowest BCUT2D eigenvalue weighted by Crippen LogP contribution is -2.34. The van der Waals surface area contributed by atoms with Crippen molar-refractivity contribution in [1.29, 1.82) is 0 Å². The third-order valence-electron chi connectivity index (χ3n) is 4.46. The molecule has 2 atom stereocenters. The molecule has 2 aromatic carbocycles. The lowest BCUT2D eigenvalue weighted by atomic mass is 9.94. The molecule has 0 spiro atoms. The minimum Gasteiger partial charge on any atom is -0.494 e. The molecule has 1 aliphatic heterocycles. The normalized spacial score (nSPS) is 18.9. The van der Waals surface area contributed by atoms with Crippen molar-refractivity contribution in [3.05, 3.63) is 69.8 Å². The molecule has 1 amide bonds. The number of nitro benzene ring substituents is 1. The average Bonchev–Trinajstić information content (AvgIpc) is 3.17. The Morgan fingerprint density at radius 2 is 2.07 bits per heavy atom. The van der Waals surface area contributed by atoms with Crippen LogP contribution >= 0.6 is 0 Å². The van der Waals surface area contributed by atoms with E-state index in [1.54, 1.807) is 12.1 Å². The molecule has 2 unspecified atom stereocenters. The largest absolute Gasteiger partial charge is 0.494 e. The van der Waals surface area contributed by atoms with E-state index in [0.717, 1.165) is 16.9 Å². The fraction of sp³-hybridized carbons (Fsp3) is 0.316. The minimum atomic E-state index is -0.440. The summed E-state index contributed by atoms with van der Waals surface area (Å²) >= 11 is 0. The Kier molecular flexibility index (Phi) is 6.00. The van der Waals surface area contributed by atoms with Crippen LogP contribution in [0.1, 0.15) is 24.1 Å². The minimum absolute atomic E-state index is 0.0277. The molecule has 142 valence electrons. The lowest BCUT2D eigenvalue weighted by Gasteiger charge is -2.18. The van der Waals surface area contributed by atoms with Crippen LogP contribution < -0.4 is 20.9 Å². The van der Waals surface area contributed by atoms with Crippen molar-refractivity contribution in [2.75, 3.05) is 13.2 Å². The molecule has 1 aliphatic rings. The van der Waals surface area contributed by atoms with Crippen LogP contribution in [-0.4, -0.2) is 24.0 Å². The number of nitrogens with zero attached hydrogens (tertiary/aromatic N) is 1. The summed E-state index contributed by atoms with van der Waals surface area (Å²) in [4.78, 5) is 23.0. The van der Waals surface area contributed by atoms with Crippen LogP contribution in [0.4, 0.5) is 5.69 Å². The van der Waals surface area contributed by atoms with Crippen molar-refractivity contribution in [2.45, 2.75) is 19.5 Å². The first-order chi connectivity index (χ1) is 13.1. The van der Waals surface area contributed by atoms with Gasteiger partial charge in [-0.15, -0.1) is 0 Å². The summed E-state index contributed by atoms with van der Waals surface area (Å²) in [5.74, 6) is 0.372. The van der Waals surface area contributed by atoms with Crippen molar-refractivity contribution in [1.82, 2.24) is 16.2 Å². The van der Waals surface area contributed by atoms with Gasteiger partial charge in [0.2, 0.25) is 5.91 Å². The number of nitrogens with one attached hydrogen (secondary N) is 3. The van der Waals surface area contributed by atoms with Gasteiger partial charge >= 0.3 is 0 Å². The smallest absolute Gasteiger partial charge is 0.269 e. The first-order valence-electron chi connectivity index (χ1n) is 8.80. The van der Waals surface area contributed by atoms with Crippen LogP contribution in [0.15, 0.2) is 48.5 Å². The van der Waals surface area contributed by atoms with Crippen LogP contribution in [0, 0.1) is 16.0 Å². The Morgan fingerprint density at radius 3 is 2.78 bits per heavy atom. The van der Waals surface area contributed by atoms with Crippen LogP contribution in [0.5, 0.6) is 5.75 Å². The van der Waals surface area contributed by atoms with Crippen LogP contribution in [0.2, 0.25) is 0 Å². The van der Waals surface area contributed by atoms with Crippen LogP contribution in [-0.2, 0) is 11.3 Å². The second kappa shape index (κ2) is 8.61. The number of ether oxygens (including phenoxy) is 1. The number of non-ortho nitro benzene ring substituents is 1. The molecule has 3 rings (SSSR count). The van der Waals surface area contributed by atoms with E-state index >= 15 is 0 Å². The quantitative estimate of drug-likeness (QED) is 0.509. The second-order valence-corrected chi connectivity index (χ2v) is 6.26. The number of nitro groups is 1. The molecular weight excluding hydrogens is 348 g/mol. The van der Waals surface area contributed by atoms with E-state index in [1.165, 1.54) is 12.1 Å². The van der Waals surface area contributed by atoms with Crippen molar-refractivity contribution in [3.8, 4) is 5.75 Å². The Balaban J connectivity index is 1.63. The number of benzene rings is 2. The van der Waals surface area contributed by atoms with Gasteiger partial charge in [0.25, 0.3) is 5.69 Å². The van der Waals surface area contributed by atoms with E-state index in [2.05, 4.69) is 16.2 Å². The number of hydrazine groups is 1. The highest BCUT2D eigenvalue weighted by Gasteiger charge is 2.34. The van der Waals surface area contributed by atoms with E-state index in [1.807, 2.05) is 31.2 Å². The van der Waals surface area contributed by atoms with E-state index in [4.69, 9.17) is 4.74 Å². The van der Waals surface area contributed by atoms with Crippen LogP contribution in [0.3, 0.4) is 0 Å². The SMILES string of the molecule is CCOc1cccc(CNC(=O)C2CNNC2c2ccc([N+](=O)[O-])cc2)c1. The second-order valence-electron chi connectivity index (χ2n) is 6.26. The Labute approximate surface area is 157 Å². The first kappa shape index (κ1) is 18.8. The summed E-state index contributed by atoms with van der Waals surface area (Å²) in [6, 6.07) is 13.6. The van der Waals surface area contributed by atoms with Gasteiger partial charge in [0.05, 0.1) is 23.5 Å². The maximum absolute atomic E-state index is 12.7. The van der Waals surface area contributed by atoms with Gasteiger partial charge in [0, 0.05) is 25.2 Å². The van der Waals surface area contributed by atoms with Crippen molar-refractivity contribution >= 4 is 11.6 Å². The average molecular weight is 370 g/mol. The maximum Gasteiger partial charge on any atom is 0.269 e. The molecule has 3 N–H and O–H groups in total. The van der Waals surface area contributed by atoms with Gasteiger partial charge in [-0.2, -0.15) is 0 Å². The molecule has 27 heavy (non-hydrogen) atoms. The van der Waals surface area contributed by atoms with Gasteiger partial charge in [-0.25, -0.2) is 5.43 Å². The summed E-state index contributed by atoms with van der Waals surface area (Å²) in [6.07, 6.45) is 0. The molecule has 1 fully saturated rings. The molecule has 1 heterocycles. The highest BCUT2D eigenvalue weighted by atomic mass is 16.6. The molecule has 0 bridgehead atoms. The number of carbonyl (C=O) groups excluding carboxylic acids is 1. The van der Waals surface area contributed by atoms with E-state index < -0.39 is 4.92 Å². The summed E-state index contributed by atoms with van der Waals surface area (Å²) in [6.45, 7) is 3.40. The molecule has 8 nitrogen and oxygen atoms in total. The predicted octanol–water partition coefficient (Wildman–Crippen LogP) is 2.07. The Hall–Kier alpha value is -2.97. The van der Waals surface area contributed by atoms with E-state index in [-0.39, 0.29) is 23.6 Å². The number of rotatable bonds is 7. The van der Waals surface area contributed by atoms with Gasteiger partial charge in [-0.3, -0.25) is 20.3 Å². The number of hydrogen-bond donors (Lipinski definition) is 3. The molecule has 0 saturated carbocycles. The molecule has 2 aromatic rings. The zero-order chi connectivity index (χ0) is 19.2. The standard InChI is InChI=1S/C19H22N4O4/c1-2-27-16-5-3-4-13(10-16)11-20-19(24)17-12-21-22-18(17)14-6-8-15(9-7-14)23(25)26/h3-10,17-18,21-22H,2,11-12H2,1H3,(H,20,24). The first-order valence-corrected chi connectivity index (χ1v) is 8.80. The summed E-state index contributed by atoms with van der Waals surface area (Å²) in [5, 5.41) is 13.8. The number of hydrogen-bond acceptors (Lipinski definition) is 6. The topological polar surface area (TPSA) is 106 Å². The Bertz CT molecular complexity index is 810. The molecule has 1 saturated heterocycles. The fourth-order valence-electron chi connectivity index (χ4n) is 3.09. The van der Waals surface area contributed by atoms with Crippen LogP contribution in [0.25, 0.3) is 0 Å². The summed E-state index contributed by atoms with van der Waals surface area (Å²) < 4.78 is 5.47. The maximum atomic E-state index is 12.7. The molecule has 8 heteroatoms. The van der Waals surface area contributed by atoms with Gasteiger partial charge in [-0.05, 0) is 30.2 Å². The van der Waals surface area contributed by atoms with Crippen molar-refractivity contribution < 1.29 is 14.5 Å². The highest BCUT2D eigenvalue weighted by molar-refractivity contribution is 5.80. The monoisotopic (exact) mass is 370 g/mol. The predicted molar refractivity (Wildman–Crippen MR) is 99.9 cm³/mol. The van der Waals surface area contributed by atoms with E-state index in [9.17, 15) is 14.9 Å². The lowest BCUT2D eigenvalue weighted by molar-refractivity contribution is -0.384. The highest BCUT2D eigenvalue weighted by Crippen LogP contribution is 2.26. The molecular formula is C19H22N4O4. The van der Waals surface area contributed by atoms with Crippen molar-refractivity contribution in [2.24, 2.45) is 5.92 Å². The van der Waals surface area contributed by atoms with Gasteiger partial charge in [-0.1, -0.05) is 24.3 Å². The summed E-state index contributed by atoms with van der Waals surface area (Å²) in [5.41, 5.74) is 7.88. The van der Waals surface area contributed by atoms with Gasteiger partial charge < -0.3 is 10.1 Å². The van der Waals surface area contributed by atoms with Gasteiger partial charge in [0.1, 0.15) is 5.75 Å². The molecule has 0 aromatic heterocycles.